The predicted molar refractivity (Wildman–Crippen MR) is 64.1 cm³/mol. The van der Waals surface area contributed by atoms with Crippen molar-refractivity contribution in [2.45, 2.75) is 6.42 Å². The molecule has 0 aliphatic carbocycles. The number of aryl methyl sites for hydroxylation is 1. The number of rotatable bonds is 4. The van der Waals surface area contributed by atoms with Gasteiger partial charge in [0.2, 0.25) is 0 Å². The number of nitrogen functional groups attached to an aromatic ring is 1. The van der Waals surface area contributed by atoms with E-state index in [0.717, 1.165) is 18.8 Å². The summed E-state index contributed by atoms with van der Waals surface area (Å²) in [6.45, 7) is 0.822. The average molecular weight is 217 g/mol. The number of hydrogen-bond acceptors (Lipinski definition) is 4. The van der Waals surface area contributed by atoms with Gasteiger partial charge in [0, 0.05) is 19.8 Å². The Bertz CT molecular complexity index is 463. The second kappa shape index (κ2) is 4.65. The zero-order chi connectivity index (χ0) is 11.4. The SMILES string of the molecule is Cn1cc(CCNc2cccc(N)n2)cn1. The summed E-state index contributed by atoms with van der Waals surface area (Å²) in [6.07, 6.45) is 4.80. The largest absolute Gasteiger partial charge is 0.384 e. The van der Waals surface area contributed by atoms with Crippen molar-refractivity contribution in [2.75, 3.05) is 17.6 Å². The van der Waals surface area contributed by atoms with Crippen LogP contribution in [0.4, 0.5) is 11.6 Å². The minimum absolute atomic E-state index is 0.534. The van der Waals surface area contributed by atoms with Gasteiger partial charge in [-0.2, -0.15) is 5.10 Å². The molecule has 3 N–H and O–H groups in total. The first-order chi connectivity index (χ1) is 7.74. The van der Waals surface area contributed by atoms with Gasteiger partial charge in [-0.1, -0.05) is 6.07 Å². The summed E-state index contributed by atoms with van der Waals surface area (Å²) < 4.78 is 1.80. The van der Waals surface area contributed by atoms with Crippen LogP contribution in [0.2, 0.25) is 0 Å². The normalized spacial score (nSPS) is 10.3. The van der Waals surface area contributed by atoms with E-state index in [1.54, 1.807) is 10.7 Å². The highest BCUT2D eigenvalue weighted by Gasteiger charge is 1.97. The third-order valence-corrected chi connectivity index (χ3v) is 2.25. The molecule has 2 aromatic rings. The maximum Gasteiger partial charge on any atom is 0.128 e. The van der Waals surface area contributed by atoms with Gasteiger partial charge < -0.3 is 11.1 Å². The molecule has 0 aliphatic heterocycles. The monoisotopic (exact) mass is 217 g/mol. The quantitative estimate of drug-likeness (QED) is 0.803. The van der Waals surface area contributed by atoms with Gasteiger partial charge in [0.1, 0.15) is 11.6 Å². The van der Waals surface area contributed by atoms with Crippen LogP contribution in [0.5, 0.6) is 0 Å². The van der Waals surface area contributed by atoms with Crippen LogP contribution in [-0.2, 0) is 13.5 Å². The summed E-state index contributed by atoms with van der Waals surface area (Å²) in [5.74, 6) is 1.34. The maximum atomic E-state index is 5.58. The third kappa shape index (κ3) is 2.73. The highest BCUT2D eigenvalue weighted by molar-refractivity contribution is 5.42. The molecule has 0 atom stereocenters. The molecule has 2 rings (SSSR count). The molecule has 2 aromatic heterocycles. The van der Waals surface area contributed by atoms with Gasteiger partial charge in [0.25, 0.3) is 0 Å². The van der Waals surface area contributed by atoms with Crippen molar-refractivity contribution < 1.29 is 0 Å². The molecule has 5 nitrogen and oxygen atoms in total. The zero-order valence-corrected chi connectivity index (χ0v) is 9.22. The van der Waals surface area contributed by atoms with E-state index in [4.69, 9.17) is 5.73 Å². The lowest BCUT2D eigenvalue weighted by atomic mass is 10.2. The molecule has 0 aromatic carbocycles. The first kappa shape index (κ1) is 10.5. The Hall–Kier alpha value is -2.04. The van der Waals surface area contributed by atoms with E-state index in [1.807, 2.05) is 31.6 Å². The minimum atomic E-state index is 0.534. The van der Waals surface area contributed by atoms with Crippen molar-refractivity contribution in [3.63, 3.8) is 0 Å². The van der Waals surface area contributed by atoms with Crippen molar-refractivity contribution in [1.82, 2.24) is 14.8 Å². The Morgan fingerprint density at radius 3 is 3.00 bits per heavy atom. The summed E-state index contributed by atoms with van der Waals surface area (Å²) in [7, 11) is 1.91. The van der Waals surface area contributed by atoms with E-state index in [1.165, 1.54) is 5.56 Å². The molecule has 0 bridgehead atoms. The number of nitrogens with two attached hydrogens (primary N) is 1. The van der Waals surface area contributed by atoms with Gasteiger partial charge in [0.05, 0.1) is 6.20 Å². The smallest absolute Gasteiger partial charge is 0.128 e. The van der Waals surface area contributed by atoms with Crippen LogP contribution < -0.4 is 11.1 Å². The van der Waals surface area contributed by atoms with Gasteiger partial charge >= 0.3 is 0 Å². The molecular formula is C11H15N5. The minimum Gasteiger partial charge on any atom is -0.384 e. The molecule has 0 spiro atoms. The number of nitrogens with zero attached hydrogens (tertiary/aromatic N) is 3. The Morgan fingerprint density at radius 2 is 2.31 bits per heavy atom. The number of aromatic nitrogens is 3. The summed E-state index contributed by atoms with van der Waals surface area (Å²) >= 11 is 0. The van der Waals surface area contributed by atoms with Gasteiger partial charge in [-0.25, -0.2) is 4.98 Å². The van der Waals surface area contributed by atoms with Crippen molar-refractivity contribution in [3.8, 4) is 0 Å². The van der Waals surface area contributed by atoms with Crippen molar-refractivity contribution in [3.05, 3.63) is 36.2 Å². The highest BCUT2D eigenvalue weighted by atomic mass is 15.2. The molecule has 16 heavy (non-hydrogen) atoms. The summed E-state index contributed by atoms with van der Waals surface area (Å²) in [4.78, 5) is 4.16. The van der Waals surface area contributed by atoms with Crippen LogP contribution in [-0.4, -0.2) is 21.3 Å². The lowest BCUT2D eigenvalue weighted by Crippen LogP contribution is -2.06. The fourth-order valence-corrected chi connectivity index (χ4v) is 1.49. The van der Waals surface area contributed by atoms with Gasteiger partial charge in [0.15, 0.2) is 0 Å². The van der Waals surface area contributed by atoms with E-state index in [9.17, 15) is 0 Å². The summed E-state index contributed by atoms with van der Waals surface area (Å²) in [6, 6.07) is 5.56. The summed E-state index contributed by atoms with van der Waals surface area (Å²) in [5, 5.41) is 7.32. The third-order valence-electron chi connectivity index (χ3n) is 2.25. The molecule has 0 aliphatic rings. The fraction of sp³-hybridized carbons (Fsp3) is 0.273. The van der Waals surface area contributed by atoms with Crippen LogP contribution in [0.15, 0.2) is 30.6 Å². The number of hydrogen-bond donors (Lipinski definition) is 2. The maximum absolute atomic E-state index is 5.58. The lowest BCUT2D eigenvalue weighted by molar-refractivity contribution is 0.767. The lowest BCUT2D eigenvalue weighted by Gasteiger charge is -2.04. The van der Waals surface area contributed by atoms with E-state index in [0.29, 0.717) is 5.82 Å². The number of nitrogens with one attached hydrogen (secondary N) is 1. The Morgan fingerprint density at radius 1 is 1.44 bits per heavy atom. The molecule has 0 amide bonds. The Labute approximate surface area is 94.3 Å². The standard InChI is InChI=1S/C11H15N5/c1-16-8-9(7-14-16)5-6-13-11-4-2-3-10(12)15-11/h2-4,7-8H,5-6H2,1H3,(H3,12,13,15). The van der Waals surface area contributed by atoms with Crippen molar-refractivity contribution in [2.24, 2.45) is 7.05 Å². The Kier molecular flexibility index (Phi) is 3.05. The zero-order valence-electron chi connectivity index (χ0n) is 9.22. The van der Waals surface area contributed by atoms with E-state index in [2.05, 4.69) is 15.4 Å². The summed E-state index contributed by atoms with van der Waals surface area (Å²) in [5.41, 5.74) is 6.79. The topological polar surface area (TPSA) is 68.8 Å². The van der Waals surface area contributed by atoms with Gasteiger partial charge in [-0.3, -0.25) is 4.68 Å². The van der Waals surface area contributed by atoms with Crippen LogP contribution in [0.25, 0.3) is 0 Å². The fourth-order valence-electron chi connectivity index (χ4n) is 1.49. The molecule has 0 saturated carbocycles. The molecule has 0 unspecified atom stereocenters. The van der Waals surface area contributed by atoms with E-state index >= 15 is 0 Å². The Balaban J connectivity index is 1.84. The molecule has 0 saturated heterocycles. The molecule has 0 fully saturated rings. The van der Waals surface area contributed by atoms with Crippen LogP contribution in [0, 0.1) is 0 Å². The first-order valence-electron chi connectivity index (χ1n) is 5.18. The first-order valence-corrected chi connectivity index (χ1v) is 5.18. The molecule has 2 heterocycles. The van der Waals surface area contributed by atoms with Gasteiger partial charge in [-0.15, -0.1) is 0 Å². The van der Waals surface area contributed by atoms with Crippen LogP contribution in [0.1, 0.15) is 5.56 Å². The number of pyridine rings is 1. The molecule has 5 heteroatoms. The van der Waals surface area contributed by atoms with Gasteiger partial charge in [-0.05, 0) is 24.1 Å². The molecule has 84 valence electrons. The van der Waals surface area contributed by atoms with Crippen molar-refractivity contribution >= 4 is 11.6 Å². The van der Waals surface area contributed by atoms with Crippen LogP contribution >= 0.6 is 0 Å². The average Bonchev–Trinajstić information content (AvgIpc) is 2.64. The predicted octanol–water partition coefficient (Wildman–Crippen LogP) is 1.05. The van der Waals surface area contributed by atoms with E-state index in [-0.39, 0.29) is 0 Å². The second-order valence-corrected chi connectivity index (χ2v) is 3.65. The second-order valence-electron chi connectivity index (χ2n) is 3.65. The van der Waals surface area contributed by atoms with Crippen molar-refractivity contribution in [1.29, 1.82) is 0 Å². The highest BCUT2D eigenvalue weighted by Crippen LogP contribution is 2.06. The van der Waals surface area contributed by atoms with Crippen LogP contribution in [0.3, 0.4) is 0 Å². The molecule has 0 radical (unpaired) electrons. The number of anilines is 2. The van der Waals surface area contributed by atoms with E-state index < -0.39 is 0 Å². The molecular weight excluding hydrogens is 202 g/mol.